The second kappa shape index (κ2) is 23.9. The fourth-order valence-corrected chi connectivity index (χ4v) is 5.29. The highest BCUT2D eigenvalue weighted by Gasteiger charge is 2.41. The van der Waals surface area contributed by atoms with Crippen LogP contribution in [-0.4, -0.2) is 67.1 Å². The average molecular weight is 551 g/mol. The quantitative estimate of drug-likeness (QED) is 0.0871. The Hall–Kier alpha value is -1.23. The fourth-order valence-electron chi connectivity index (χ4n) is 4.81. The topological polar surface area (TPSA) is 132 Å². The van der Waals surface area contributed by atoms with Gasteiger partial charge in [0.2, 0.25) is 0 Å². The third-order valence-electron chi connectivity index (χ3n) is 5.71. The molecule has 0 aromatic carbocycles. The van der Waals surface area contributed by atoms with Crippen LogP contribution in [0.15, 0.2) is 0 Å². The van der Waals surface area contributed by atoms with Crippen LogP contribution >= 0.6 is 12.0 Å². The van der Waals surface area contributed by atoms with Crippen LogP contribution in [0.1, 0.15) is 106 Å². The number of hydrogen-bond acceptors (Lipinski definition) is 6. The molecule has 0 aliphatic heterocycles. The van der Waals surface area contributed by atoms with E-state index in [0.717, 1.165) is 70.4 Å². The lowest BCUT2D eigenvalue weighted by atomic mass is 9.61. The van der Waals surface area contributed by atoms with Gasteiger partial charge in [0.15, 0.2) is 0 Å². The molecule has 1 aliphatic carbocycles. The minimum absolute atomic E-state index is 0.0113. The summed E-state index contributed by atoms with van der Waals surface area (Å²) in [7, 11) is 0. The lowest BCUT2D eigenvalue weighted by molar-refractivity contribution is 0.0643. The number of carboxylic acid groups (broad SMARTS) is 1. The smallest absolute Gasteiger partial charge is 0.404 e. The number of hydrogen-bond donors (Lipinski definition) is 6. The SMILES string of the molecule is CCC.CCO.CCOSCNCCCCCCNC(=O)NCCC1(C)CC(NC(=O)O)CC(C)(C)C1. The second-order valence-electron chi connectivity index (χ2n) is 10.7. The number of nitrogens with one attached hydrogen (secondary N) is 4. The molecule has 0 radical (unpaired) electrons. The molecule has 222 valence electrons. The largest absolute Gasteiger partial charge is 0.465 e. The van der Waals surface area contributed by atoms with E-state index in [1.807, 2.05) is 6.92 Å². The highest BCUT2D eigenvalue weighted by Crippen LogP contribution is 2.47. The Balaban J connectivity index is 0. The first-order valence-corrected chi connectivity index (χ1v) is 15.0. The summed E-state index contributed by atoms with van der Waals surface area (Å²) in [5, 5.41) is 28.5. The maximum Gasteiger partial charge on any atom is 0.404 e. The van der Waals surface area contributed by atoms with Crippen molar-refractivity contribution in [3.63, 3.8) is 0 Å². The van der Waals surface area contributed by atoms with E-state index in [1.54, 1.807) is 6.92 Å². The molecular formula is C27H58N4O5S. The molecule has 0 spiro atoms. The average Bonchev–Trinajstić information content (AvgIpc) is 2.76. The first-order valence-electron chi connectivity index (χ1n) is 14.1. The molecule has 3 amide bonds. The molecule has 0 bridgehead atoms. The second-order valence-corrected chi connectivity index (χ2v) is 11.5. The molecule has 1 aliphatic rings. The third-order valence-corrected chi connectivity index (χ3v) is 6.44. The van der Waals surface area contributed by atoms with Crippen LogP contribution in [0.3, 0.4) is 0 Å². The number of carbonyl (C=O) groups excluding carboxylic acids is 1. The summed E-state index contributed by atoms with van der Waals surface area (Å²) in [6.07, 6.45) is 8.19. The van der Waals surface area contributed by atoms with Crippen molar-refractivity contribution in [2.75, 3.05) is 38.7 Å². The number of unbranched alkanes of at least 4 members (excludes halogenated alkanes) is 3. The lowest BCUT2D eigenvalue weighted by Crippen LogP contribution is -2.47. The van der Waals surface area contributed by atoms with Gasteiger partial charge in [0.1, 0.15) is 0 Å². The first kappa shape index (κ1) is 37.9. The van der Waals surface area contributed by atoms with Crippen molar-refractivity contribution in [3.8, 4) is 0 Å². The number of amides is 3. The first-order chi connectivity index (χ1) is 17.5. The number of carbonyl (C=O) groups is 2. The van der Waals surface area contributed by atoms with Crippen molar-refractivity contribution in [1.82, 2.24) is 21.3 Å². The van der Waals surface area contributed by atoms with Gasteiger partial charge in [-0.05, 0) is 69.7 Å². The van der Waals surface area contributed by atoms with Crippen LogP contribution in [-0.2, 0) is 4.18 Å². The Morgan fingerprint density at radius 1 is 0.946 bits per heavy atom. The Bertz CT molecular complexity index is 567. The highest BCUT2D eigenvalue weighted by atomic mass is 32.2. The van der Waals surface area contributed by atoms with Gasteiger partial charge >= 0.3 is 12.1 Å². The standard InChI is InChI=1S/C22H44N4O4S.C3H8.C2H6O/c1-5-30-31-17-23-11-8-6-7-9-12-24-19(27)25-13-10-22(4)15-18(26-20(28)29)14-21(2,3)16-22;1-3-2;1-2-3/h18,23,26H,5-17H2,1-4H3,(H,28,29)(H2,24,25,27);3H2,1-2H3;3H,2H2,1H3. The summed E-state index contributed by atoms with van der Waals surface area (Å²) < 4.78 is 5.19. The van der Waals surface area contributed by atoms with Gasteiger partial charge in [-0.25, -0.2) is 9.59 Å². The molecule has 10 heteroatoms. The summed E-state index contributed by atoms with van der Waals surface area (Å²) in [6.45, 7) is 17.8. The molecule has 1 rings (SSSR count). The van der Waals surface area contributed by atoms with E-state index < -0.39 is 6.09 Å². The maximum absolute atomic E-state index is 12.1. The van der Waals surface area contributed by atoms with Gasteiger partial charge in [0.05, 0.1) is 12.5 Å². The zero-order valence-electron chi connectivity index (χ0n) is 24.7. The molecule has 0 heterocycles. The van der Waals surface area contributed by atoms with E-state index in [2.05, 4.69) is 55.9 Å². The predicted molar refractivity (Wildman–Crippen MR) is 156 cm³/mol. The molecule has 9 nitrogen and oxygen atoms in total. The van der Waals surface area contributed by atoms with Crippen molar-refractivity contribution in [1.29, 1.82) is 0 Å². The van der Waals surface area contributed by atoms with Gasteiger partial charge in [0.25, 0.3) is 0 Å². The van der Waals surface area contributed by atoms with Gasteiger partial charge in [-0.3, -0.25) is 0 Å². The predicted octanol–water partition coefficient (Wildman–Crippen LogP) is 5.74. The maximum atomic E-state index is 12.1. The minimum atomic E-state index is -0.959. The van der Waals surface area contributed by atoms with Gasteiger partial charge in [0, 0.05) is 37.8 Å². The lowest BCUT2D eigenvalue weighted by Gasteiger charge is -2.46. The van der Waals surface area contributed by atoms with E-state index in [0.29, 0.717) is 13.1 Å². The minimum Gasteiger partial charge on any atom is -0.465 e. The van der Waals surface area contributed by atoms with E-state index in [4.69, 9.17) is 14.4 Å². The molecule has 37 heavy (non-hydrogen) atoms. The Kier molecular flexibility index (Phi) is 24.4. The van der Waals surface area contributed by atoms with Crippen LogP contribution in [0.5, 0.6) is 0 Å². The Morgan fingerprint density at radius 3 is 2.08 bits per heavy atom. The monoisotopic (exact) mass is 550 g/mol. The van der Waals surface area contributed by atoms with Gasteiger partial charge in [-0.1, -0.05) is 53.9 Å². The van der Waals surface area contributed by atoms with E-state index in [1.165, 1.54) is 18.5 Å². The number of rotatable bonds is 15. The molecule has 1 fully saturated rings. The summed E-state index contributed by atoms with van der Waals surface area (Å²) >= 11 is 1.45. The highest BCUT2D eigenvalue weighted by molar-refractivity contribution is 7.94. The Morgan fingerprint density at radius 2 is 1.51 bits per heavy atom. The normalized spacial score (nSPS) is 19.9. The van der Waals surface area contributed by atoms with Gasteiger partial charge in [-0.15, -0.1) is 0 Å². The zero-order chi connectivity index (χ0) is 28.6. The van der Waals surface area contributed by atoms with Crippen molar-refractivity contribution in [2.45, 2.75) is 112 Å². The van der Waals surface area contributed by atoms with Crippen LogP contribution < -0.4 is 21.3 Å². The van der Waals surface area contributed by atoms with E-state index >= 15 is 0 Å². The molecule has 0 aromatic heterocycles. The van der Waals surface area contributed by atoms with Crippen molar-refractivity contribution in [2.24, 2.45) is 10.8 Å². The van der Waals surface area contributed by atoms with Crippen molar-refractivity contribution >= 4 is 24.2 Å². The Labute approximate surface area is 231 Å². The summed E-state index contributed by atoms with van der Waals surface area (Å²) in [6, 6.07) is -0.146. The summed E-state index contributed by atoms with van der Waals surface area (Å²) in [5.41, 5.74) is 0.0946. The molecule has 6 N–H and O–H groups in total. The van der Waals surface area contributed by atoms with Crippen molar-refractivity contribution < 1.29 is 24.0 Å². The van der Waals surface area contributed by atoms with Gasteiger partial charge in [-0.2, -0.15) is 0 Å². The fraction of sp³-hybridized carbons (Fsp3) is 0.926. The molecule has 0 saturated heterocycles. The number of aliphatic hydroxyl groups excluding tert-OH is 1. The molecule has 2 unspecified atom stereocenters. The molecule has 0 aromatic rings. The van der Waals surface area contributed by atoms with E-state index in [9.17, 15) is 9.59 Å². The van der Waals surface area contributed by atoms with Crippen LogP contribution in [0.25, 0.3) is 0 Å². The van der Waals surface area contributed by atoms with Gasteiger partial charge < -0.3 is 35.7 Å². The van der Waals surface area contributed by atoms with Crippen LogP contribution in [0.2, 0.25) is 0 Å². The summed E-state index contributed by atoms with van der Waals surface area (Å²) in [4.78, 5) is 23.1. The van der Waals surface area contributed by atoms with Crippen molar-refractivity contribution in [3.05, 3.63) is 0 Å². The number of aliphatic hydroxyl groups is 1. The molecular weight excluding hydrogens is 492 g/mol. The third kappa shape index (κ3) is 24.8. The molecule has 2 atom stereocenters. The van der Waals surface area contributed by atoms with Crippen LogP contribution in [0, 0.1) is 10.8 Å². The van der Waals surface area contributed by atoms with E-state index in [-0.39, 0.29) is 29.5 Å². The molecule has 1 saturated carbocycles. The van der Waals surface area contributed by atoms with Crippen LogP contribution in [0.4, 0.5) is 9.59 Å². The zero-order valence-corrected chi connectivity index (χ0v) is 25.5. The number of urea groups is 1. The summed E-state index contributed by atoms with van der Waals surface area (Å²) in [5.74, 6) is 0.822.